The van der Waals surface area contributed by atoms with Crippen LogP contribution in [-0.2, 0) is 0 Å². The Morgan fingerprint density at radius 1 is 1.38 bits per heavy atom. The van der Waals surface area contributed by atoms with E-state index in [-0.39, 0.29) is 10.6 Å². The molecule has 1 aromatic heterocycles. The molecule has 0 radical (unpaired) electrons. The number of benzene rings is 1. The van der Waals surface area contributed by atoms with Crippen LogP contribution in [0.4, 0.5) is 5.82 Å². The fraction of sp³-hybridized carbons (Fsp3) is 0. The Labute approximate surface area is 77.4 Å². The summed E-state index contributed by atoms with van der Waals surface area (Å²) in [6, 6.07) is 7.27. The Morgan fingerprint density at radius 3 is 2.92 bits per heavy atom. The summed E-state index contributed by atoms with van der Waals surface area (Å²) in [4.78, 5) is 15.1. The van der Waals surface area contributed by atoms with Gasteiger partial charge in [-0.05, 0) is 12.1 Å². The molecule has 0 bridgehead atoms. The molecule has 5 heteroatoms. The van der Waals surface area contributed by atoms with Gasteiger partial charge in [0.15, 0.2) is 0 Å². The Kier molecular flexibility index (Phi) is 1.96. The van der Waals surface area contributed by atoms with Crippen molar-refractivity contribution in [1.29, 1.82) is 0 Å². The number of nitrogens with one attached hydrogen (secondary N) is 1. The number of nitrogens with zero attached hydrogens (tertiary/aromatic N) is 1. The zero-order valence-electron chi connectivity index (χ0n) is 6.52. The third kappa shape index (κ3) is 1.39. The van der Waals surface area contributed by atoms with E-state index in [2.05, 4.69) is 4.98 Å². The highest BCUT2D eigenvalue weighted by Gasteiger charge is 2.02. The molecule has 2 aromatic rings. The molecule has 0 unspecified atom stereocenters. The van der Waals surface area contributed by atoms with Crippen LogP contribution in [0.1, 0.15) is 0 Å². The quantitative estimate of drug-likeness (QED) is 0.674. The van der Waals surface area contributed by atoms with E-state index >= 15 is 0 Å². The minimum Gasteiger partial charge on any atom is -0.290 e. The van der Waals surface area contributed by atoms with Gasteiger partial charge < -0.3 is 0 Å². The number of para-hydroxylation sites is 1. The second kappa shape index (κ2) is 3.12. The van der Waals surface area contributed by atoms with Gasteiger partial charge in [0.05, 0.1) is 10.2 Å². The zero-order valence-corrected chi connectivity index (χ0v) is 7.34. The number of hydrogen-bond donors (Lipinski definition) is 2. The van der Waals surface area contributed by atoms with Crippen molar-refractivity contribution in [1.82, 2.24) is 4.98 Å². The van der Waals surface area contributed by atoms with Crippen LogP contribution in [0.25, 0.3) is 10.2 Å². The van der Waals surface area contributed by atoms with Crippen molar-refractivity contribution in [3.8, 4) is 0 Å². The van der Waals surface area contributed by atoms with Gasteiger partial charge in [0.25, 0.3) is 4.74 Å². The highest BCUT2D eigenvalue weighted by Crippen LogP contribution is 2.14. The molecule has 0 aliphatic heterocycles. The smallest absolute Gasteiger partial charge is 0.277 e. The van der Waals surface area contributed by atoms with Gasteiger partial charge in [0.1, 0.15) is 0 Å². The van der Waals surface area contributed by atoms with Crippen LogP contribution < -0.4 is 10.2 Å². The van der Waals surface area contributed by atoms with E-state index < -0.39 is 0 Å². The second-order valence-electron chi connectivity index (χ2n) is 2.43. The highest BCUT2D eigenvalue weighted by molar-refractivity contribution is 7.16. The lowest BCUT2D eigenvalue weighted by molar-refractivity contribution is 0.386. The van der Waals surface area contributed by atoms with E-state index in [1.807, 2.05) is 18.2 Å². The van der Waals surface area contributed by atoms with Gasteiger partial charge in [0, 0.05) is 0 Å². The molecule has 1 aromatic carbocycles. The summed E-state index contributed by atoms with van der Waals surface area (Å²) >= 11 is 1.05. The number of anilines is 1. The molecule has 2 rings (SSSR count). The van der Waals surface area contributed by atoms with Gasteiger partial charge in [-0.2, -0.15) is 0 Å². The molecule has 0 fully saturated rings. The first-order chi connectivity index (χ1) is 6.31. The minimum atomic E-state index is -0.277. The van der Waals surface area contributed by atoms with Crippen LogP contribution in [0.3, 0.4) is 0 Å². The molecular formula is C8H6N2O2S. The molecule has 0 aliphatic carbocycles. The highest BCUT2D eigenvalue weighted by atomic mass is 32.1. The van der Waals surface area contributed by atoms with Gasteiger partial charge in [-0.1, -0.05) is 23.5 Å². The van der Waals surface area contributed by atoms with Crippen LogP contribution in [0.2, 0.25) is 0 Å². The van der Waals surface area contributed by atoms with E-state index in [0.29, 0.717) is 5.52 Å². The van der Waals surface area contributed by atoms with Crippen molar-refractivity contribution >= 4 is 27.4 Å². The predicted molar refractivity (Wildman–Crippen MR) is 51.3 cm³/mol. The summed E-state index contributed by atoms with van der Waals surface area (Å²) in [5.74, 6) is -0.0244. The Balaban J connectivity index is 2.81. The van der Waals surface area contributed by atoms with Crippen molar-refractivity contribution in [2.75, 3.05) is 5.48 Å². The minimum absolute atomic E-state index is 0.0244. The molecule has 0 spiro atoms. The van der Waals surface area contributed by atoms with E-state index in [9.17, 15) is 4.79 Å². The Morgan fingerprint density at radius 2 is 2.15 bits per heavy atom. The fourth-order valence-corrected chi connectivity index (χ4v) is 1.77. The molecule has 0 amide bonds. The lowest BCUT2D eigenvalue weighted by Gasteiger charge is -1.97. The van der Waals surface area contributed by atoms with E-state index in [4.69, 9.17) is 5.21 Å². The first-order valence-electron chi connectivity index (χ1n) is 3.61. The number of rotatable bonds is 1. The molecule has 66 valence electrons. The Bertz CT molecular complexity index is 495. The number of hydrogen-bond acceptors (Lipinski definition) is 5. The molecule has 0 atom stereocenters. The van der Waals surface area contributed by atoms with E-state index in [0.717, 1.165) is 16.0 Å². The van der Waals surface area contributed by atoms with Crippen molar-refractivity contribution in [2.24, 2.45) is 0 Å². The normalized spacial score (nSPS) is 10.2. The number of fused-ring (bicyclic) bond motifs is 1. The molecule has 0 saturated carbocycles. The summed E-state index contributed by atoms with van der Waals surface area (Å²) in [5.41, 5.74) is 2.47. The summed E-state index contributed by atoms with van der Waals surface area (Å²) < 4.78 is 0.535. The van der Waals surface area contributed by atoms with Crippen LogP contribution in [0.5, 0.6) is 0 Å². The monoisotopic (exact) mass is 194 g/mol. The first-order valence-corrected chi connectivity index (χ1v) is 4.43. The maximum Gasteiger partial charge on any atom is 0.277 e. The van der Waals surface area contributed by atoms with Crippen molar-refractivity contribution in [3.63, 3.8) is 0 Å². The molecule has 4 nitrogen and oxygen atoms in total. The topological polar surface area (TPSA) is 62.2 Å². The standard InChI is InChI=1S/C8H6N2O2S/c11-8-7(10-12)9-5-3-1-2-4-6(5)13-8/h1-4,12H,(H,9,10). The summed E-state index contributed by atoms with van der Waals surface area (Å²) in [6.07, 6.45) is 0. The molecule has 0 aliphatic rings. The third-order valence-electron chi connectivity index (χ3n) is 1.60. The summed E-state index contributed by atoms with van der Waals surface area (Å²) in [7, 11) is 0. The van der Waals surface area contributed by atoms with E-state index in [1.54, 1.807) is 11.5 Å². The summed E-state index contributed by atoms with van der Waals surface area (Å²) in [5, 5.41) is 8.57. The molecular weight excluding hydrogens is 188 g/mol. The predicted octanol–water partition coefficient (Wildman–Crippen LogP) is 1.46. The molecule has 2 N–H and O–H groups in total. The van der Waals surface area contributed by atoms with Gasteiger partial charge in [-0.15, -0.1) is 0 Å². The Hall–Kier alpha value is -1.46. The number of aromatic nitrogens is 1. The van der Waals surface area contributed by atoms with Gasteiger partial charge in [-0.25, -0.2) is 10.5 Å². The zero-order chi connectivity index (χ0) is 9.26. The van der Waals surface area contributed by atoms with Crippen LogP contribution in [0.15, 0.2) is 29.1 Å². The SMILES string of the molecule is O=c1sc2ccccc2nc1NO. The van der Waals surface area contributed by atoms with Crippen LogP contribution >= 0.6 is 11.3 Å². The van der Waals surface area contributed by atoms with Crippen LogP contribution in [-0.4, -0.2) is 10.2 Å². The molecule has 0 saturated heterocycles. The lowest BCUT2D eigenvalue weighted by Crippen LogP contribution is -2.06. The molecule has 13 heavy (non-hydrogen) atoms. The fourth-order valence-electron chi connectivity index (χ4n) is 1.02. The average Bonchev–Trinajstić information content (AvgIpc) is 2.17. The van der Waals surface area contributed by atoms with Crippen molar-refractivity contribution in [3.05, 3.63) is 33.8 Å². The van der Waals surface area contributed by atoms with Crippen LogP contribution in [0, 0.1) is 0 Å². The van der Waals surface area contributed by atoms with Gasteiger partial charge in [-0.3, -0.25) is 10.0 Å². The van der Waals surface area contributed by atoms with Crippen molar-refractivity contribution in [2.45, 2.75) is 0 Å². The maximum absolute atomic E-state index is 11.2. The largest absolute Gasteiger partial charge is 0.290 e. The average molecular weight is 194 g/mol. The van der Waals surface area contributed by atoms with Gasteiger partial charge in [0.2, 0.25) is 5.82 Å². The van der Waals surface area contributed by atoms with Gasteiger partial charge >= 0.3 is 0 Å². The summed E-state index contributed by atoms with van der Waals surface area (Å²) in [6.45, 7) is 0. The lowest BCUT2D eigenvalue weighted by atomic mass is 10.3. The van der Waals surface area contributed by atoms with E-state index in [1.165, 1.54) is 0 Å². The first kappa shape index (κ1) is 8.15. The molecule has 1 heterocycles. The third-order valence-corrected chi connectivity index (χ3v) is 2.54. The second-order valence-corrected chi connectivity index (χ2v) is 3.44. The maximum atomic E-state index is 11.2. The van der Waals surface area contributed by atoms with Crippen molar-refractivity contribution < 1.29 is 5.21 Å².